The van der Waals surface area contributed by atoms with Crippen LogP contribution in [0.4, 0.5) is 0 Å². The first kappa shape index (κ1) is 17.2. The fourth-order valence-corrected chi connectivity index (χ4v) is 2.65. The number of hydrogen-bond donors (Lipinski definition) is 1. The van der Waals surface area contributed by atoms with Crippen molar-refractivity contribution in [2.75, 3.05) is 6.54 Å². The number of nitrogens with zero attached hydrogens (tertiary/aromatic N) is 2. The predicted octanol–water partition coefficient (Wildman–Crippen LogP) is 3.58. The van der Waals surface area contributed by atoms with Crippen LogP contribution in [0.3, 0.4) is 0 Å². The molecule has 0 aliphatic carbocycles. The molecule has 0 saturated heterocycles. The molecule has 0 bridgehead atoms. The number of aromatic nitrogens is 2. The summed E-state index contributed by atoms with van der Waals surface area (Å²) in [7, 11) is 0. The van der Waals surface area contributed by atoms with Gasteiger partial charge in [-0.15, -0.1) is 10.2 Å². The van der Waals surface area contributed by atoms with Gasteiger partial charge in [0.25, 0.3) is 5.89 Å². The molecule has 1 aromatic carbocycles. The number of carbonyl (C=O) groups is 1. The highest BCUT2D eigenvalue weighted by Gasteiger charge is 2.13. The van der Waals surface area contributed by atoms with Crippen LogP contribution in [0.5, 0.6) is 0 Å². The second-order valence-corrected chi connectivity index (χ2v) is 5.99. The molecule has 0 aliphatic rings. The van der Waals surface area contributed by atoms with Gasteiger partial charge in [0.1, 0.15) is 5.76 Å². The lowest BCUT2D eigenvalue weighted by atomic mass is 10.1. The second-order valence-electron chi connectivity index (χ2n) is 5.58. The Balaban J connectivity index is 1.44. The Morgan fingerprint density at radius 2 is 2.04 bits per heavy atom. The smallest absolute Gasteiger partial charge is 0.251 e. The molecular weight excluding hydrogens is 342 g/mol. The van der Waals surface area contributed by atoms with E-state index < -0.39 is 0 Å². The quantitative estimate of drug-likeness (QED) is 0.697. The standard InChI is InChI=1S/C18H18ClN3O3/c1-12-14(9-11-24-12)18-22-21-17(25-18)7-6-16(23)20-10-8-13-4-2-3-5-15(13)19/h2-5,9,11H,6-8,10H2,1H3,(H,20,23). The summed E-state index contributed by atoms with van der Waals surface area (Å²) in [6, 6.07) is 9.37. The third-order valence-corrected chi connectivity index (χ3v) is 4.17. The van der Waals surface area contributed by atoms with Gasteiger partial charge in [-0.2, -0.15) is 0 Å². The van der Waals surface area contributed by atoms with E-state index in [0.29, 0.717) is 42.0 Å². The van der Waals surface area contributed by atoms with Crippen molar-refractivity contribution in [2.45, 2.75) is 26.2 Å². The maximum absolute atomic E-state index is 11.9. The molecule has 0 fully saturated rings. The number of halogens is 1. The third-order valence-electron chi connectivity index (χ3n) is 3.80. The van der Waals surface area contributed by atoms with Gasteiger partial charge in [0.2, 0.25) is 11.8 Å². The Hall–Kier alpha value is -2.60. The highest BCUT2D eigenvalue weighted by Crippen LogP contribution is 2.23. The first-order valence-electron chi connectivity index (χ1n) is 8.00. The van der Waals surface area contributed by atoms with E-state index >= 15 is 0 Å². The summed E-state index contributed by atoms with van der Waals surface area (Å²) in [4.78, 5) is 11.9. The fourth-order valence-electron chi connectivity index (χ4n) is 2.42. The van der Waals surface area contributed by atoms with E-state index in [4.69, 9.17) is 20.4 Å². The van der Waals surface area contributed by atoms with E-state index in [1.54, 1.807) is 12.3 Å². The first-order valence-corrected chi connectivity index (χ1v) is 8.38. The molecule has 0 spiro atoms. The second kappa shape index (κ2) is 7.98. The van der Waals surface area contributed by atoms with Gasteiger partial charge in [-0.1, -0.05) is 29.8 Å². The summed E-state index contributed by atoms with van der Waals surface area (Å²) >= 11 is 6.09. The monoisotopic (exact) mass is 359 g/mol. The number of hydrogen-bond acceptors (Lipinski definition) is 5. The maximum Gasteiger partial charge on any atom is 0.251 e. The molecule has 0 aliphatic heterocycles. The summed E-state index contributed by atoms with van der Waals surface area (Å²) in [6.07, 6.45) is 2.94. The normalized spacial score (nSPS) is 10.8. The van der Waals surface area contributed by atoms with Crippen molar-refractivity contribution in [1.82, 2.24) is 15.5 Å². The van der Waals surface area contributed by atoms with E-state index in [1.165, 1.54) is 0 Å². The van der Waals surface area contributed by atoms with Crippen LogP contribution in [0.15, 0.2) is 45.4 Å². The van der Waals surface area contributed by atoms with Crippen molar-refractivity contribution in [3.05, 3.63) is 58.8 Å². The minimum atomic E-state index is -0.0636. The van der Waals surface area contributed by atoms with Gasteiger partial charge in [0.15, 0.2) is 0 Å². The van der Waals surface area contributed by atoms with Crippen molar-refractivity contribution in [2.24, 2.45) is 0 Å². The van der Waals surface area contributed by atoms with Gasteiger partial charge < -0.3 is 14.2 Å². The van der Waals surface area contributed by atoms with E-state index in [0.717, 1.165) is 11.1 Å². The zero-order chi connectivity index (χ0) is 17.6. The number of benzene rings is 1. The molecule has 0 unspecified atom stereocenters. The molecule has 6 nitrogen and oxygen atoms in total. The Morgan fingerprint density at radius 3 is 2.80 bits per heavy atom. The molecule has 3 aromatic rings. The Bertz CT molecular complexity index is 857. The van der Waals surface area contributed by atoms with Crippen LogP contribution < -0.4 is 5.32 Å². The largest absolute Gasteiger partial charge is 0.469 e. The Morgan fingerprint density at radius 1 is 1.20 bits per heavy atom. The molecule has 3 rings (SSSR count). The van der Waals surface area contributed by atoms with Crippen molar-refractivity contribution in [3.8, 4) is 11.5 Å². The number of rotatable bonds is 7. The molecule has 2 aromatic heterocycles. The van der Waals surface area contributed by atoms with E-state index in [9.17, 15) is 4.79 Å². The fraction of sp³-hybridized carbons (Fsp3) is 0.278. The summed E-state index contributed by atoms with van der Waals surface area (Å²) < 4.78 is 10.8. The summed E-state index contributed by atoms with van der Waals surface area (Å²) in [5, 5.41) is 11.5. The molecule has 25 heavy (non-hydrogen) atoms. The zero-order valence-corrected chi connectivity index (χ0v) is 14.5. The number of aryl methyl sites for hydroxylation is 2. The molecule has 0 radical (unpaired) electrons. The third kappa shape index (κ3) is 4.48. The van der Waals surface area contributed by atoms with Gasteiger partial charge in [0, 0.05) is 24.4 Å². The Kier molecular flexibility index (Phi) is 5.50. The van der Waals surface area contributed by atoms with Crippen LogP contribution in [-0.2, 0) is 17.6 Å². The van der Waals surface area contributed by atoms with Gasteiger partial charge in [0.05, 0.1) is 11.8 Å². The summed E-state index contributed by atoms with van der Waals surface area (Å²) in [6.45, 7) is 2.36. The highest BCUT2D eigenvalue weighted by atomic mass is 35.5. The van der Waals surface area contributed by atoms with E-state index in [1.807, 2.05) is 31.2 Å². The van der Waals surface area contributed by atoms with E-state index in [2.05, 4.69) is 15.5 Å². The van der Waals surface area contributed by atoms with Gasteiger partial charge in [-0.05, 0) is 31.0 Å². The van der Waals surface area contributed by atoms with Gasteiger partial charge in [-0.3, -0.25) is 4.79 Å². The van der Waals surface area contributed by atoms with Crippen molar-refractivity contribution in [1.29, 1.82) is 0 Å². The topological polar surface area (TPSA) is 81.2 Å². The summed E-state index contributed by atoms with van der Waals surface area (Å²) in [5.41, 5.74) is 1.78. The first-order chi connectivity index (χ1) is 12.1. The minimum absolute atomic E-state index is 0.0636. The van der Waals surface area contributed by atoms with Crippen LogP contribution in [-0.4, -0.2) is 22.6 Å². The zero-order valence-electron chi connectivity index (χ0n) is 13.8. The lowest BCUT2D eigenvalue weighted by Crippen LogP contribution is -2.25. The predicted molar refractivity (Wildman–Crippen MR) is 93.2 cm³/mol. The molecule has 130 valence electrons. The lowest BCUT2D eigenvalue weighted by molar-refractivity contribution is -0.121. The van der Waals surface area contributed by atoms with Gasteiger partial charge >= 0.3 is 0 Å². The lowest BCUT2D eigenvalue weighted by Gasteiger charge is -2.06. The average molecular weight is 360 g/mol. The maximum atomic E-state index is 11.9. The number of amides is 1. The molecule has 0 saturated carbocycles. The molecule has 1 N–H and O–H groups in total. The molecule has 2 heterocycles. The van der Waals surface area contributed by atoms with Crippen LogP contribution in [0.2, 0.25) is 5.02 Å². The molecule has 0 atom stereocenters. The Labute approximate surface area is 150 Å². The van der Waals surface area contributed by atoms with Crippen molar-refractivity contribution >= 4 is 17.5 Å². The van der Waals surface area contributed by atoms with Crippen LogP contribution in [0.1, 0.15) is 23.6 Å². The molecule has 1 amide bonds. The van der Waals surface area contributed by atoms with Crippen LogP contribution in [0.25, 0.3) is 11.5 Å². The van der Waals surface area contributed by atoms with Crippen LogP contribution in [0, 0.1) is 6.92 Å². The van der Waals surface area contributed by atoms with Crippen LogP contribution >= 0.6 is 11.6 Å². The number of nitrogens with one attached hydrogen (secondary N) is 1. The van der Waals surface area contributed by atoms with Crippen molar-refractivity contribution in [3.63, 3.8) is 0 Å². The minimum Gasteiger partial charge on any atom is -0.469 e. The van der Waals surface area contributed by atoms with E-state index in [-0.39, 0.29) is 12.3 Å². The van der Waals surface area contributed by atoms with Crippen molar-refractivity contribution < 1.29 is 13.6 Å². The summed E-state index contributed by atoms with van der Waals surface area (Å²) in [5.74, 6) is 1.48. The van der Waals surface area contributed by atoms with Gasteiger partial charge in [-0.25, -0.2) is 0 Å². The highest BCUT2D eigenvalue weighted by molar-refractivity contribution is 6.31. The SMILES string of the molecule is Cc1occc1-c1nnc(CCC(=O)NCCc2ccccc2Cl)o1. The number of furan rings is 1. The number of carbonyl (C=O) groups excluding carboxylic acids is 1. The molecular formula is C18H18ClN3O3. The average Bonchev–Trinajstić information content (AvgIpc) is 3.23. The molecule has 7 heteroatoms.